The molecule has 0 aromatic carbocycles. The number of nitrogens with zero attached hydrogens (tertiary/aromatic N) is 2. The number of hydrogen-bond donors (Lipinski definition) is 0. The lowest BCUT2D eigenvalue weighted by Gasteiger charge is -2.21. The molecule has 0 unspecified atom stereocenters. The minimum Gasteiger partial charge on any atom is -0.240 e. The molecule has 0 aromatic rings. The molecule has 3 heteroatoms. The third-order valence-electron chi connectivity index (χ3n) is 2.18. The van der Waals surface area contributed by atoms with Gasteiger partial charge in [-0.05, 0) is 38.1 Å². The van der Waals surface area contributed by atoms with Crippen LogP contribution >= 0.6 is 0 Å². The van der Waals surface area contributed by atoms with E-state index in [-0.39, 0.29) is 6.04 Å². The molecule has 0 spiro atoms. The third-order valence-corrected chi connectivity index (χ3v) is 2.18. The first-order valence-corrected chi connectivity index (χ1v) is 4.15. The van der Waals surface area contributed by atoms with Crippen molar-refractivity contribution in [2.24, 2.45) is 9.98 Å². The van der Waals surface area contributed by atoms with E-state index in [4.69, 9.17) is 0 Å². The van der Waals surface area contributed by atoms with E-state index in [0.29, 0.717) is 6.04 Å². The number of carbonyl (C=O) groups excluding carboxylic acids is 1. The van der Waals surface area contributed by atoms with Gasteiger partial charge in [0.2, 0.25) is 6.08 Å². The highest BCUT2D eigenvalue weighted by molar-refractivity contribution is 5.46. The van der Waals surface area contributed by atoms with Crippen LogP contribution in [0.2, 0.25) is 0 Å². The summed E-state index contributed by atoms with van der Waals surface area (Å²) < 4.78 is 0. The number of hydrogen-bond acceptors (Lipinski definition) is 3. The summed E-state index contributed by atoms with van der Waals surface area (Å²) in [4.78, 5) is 17.7. The van der Waals surface area contributed by atoms with Gasteiger partial charge in [0.15, 0.2) is 0 Å². The average molecular weight is 164 g/mol. The fourth-order valence-corrected chi connectivity index (χ4v) is 1.52. The van der Waals surface area contributed by atoms with Crippen molar-refractivity contribution in [2.45, 2.75) is 37.8 Å². The molecule has 0 heterocycles. The summed E-state index contributed by atoms with van der Waals surface area (Å²) in [5.41, 5.74) is 0. The van der Waals surface area contributed by atoms with Crippen LogP contribution in [-0.4, -0.2) is 24.0 Å². The summed E-state index contributed by atoms with van der Waals surface area (Å²) in [6, 6.07) is 0.527. The SMILES string of the molecule is C=C=NC1CCC(N=C=O)CC1. The van der Waals surface area contributed by atoms with Crippen LogP contribution in [0.25, 0.3) is 0 Å². The Morgan fingerprint density at radius 3 is 2.00 bits per heavy atom. The average Bonchev–Trinajstić information content (AvgIpc) is 2.09. The molecule has 0 aliphatic heterocycles. The van der Waals surface area contributed by atoms with Crippen LogP contribution in [0.1, 0.15) is 25.7 Å². The van der Waals surface area contributed by atoms with Crippen LogP contribution in [-0.2, 0) is 4.79 Å². The second-order valence-corrected chi connectivity index (χ2v) is 2.97. The summed E-state index contributed by atoms with van der Waals surface area (Å²) in [6.07, 6.45) is 5.44. The summed E-state index contributed by atoms with van der Waals surface area (Å²) in [6.45, 7) is 3.43. The lowest BCUT2D eigenvalue weighted by atomic mass is 9.92. The fraction of sp³-hybridized carbons (Fsp3) is 0.667. The second kappa shape index (κ2) is 4.66. The van der Waals surface area contributed by atoms with Crippen molar-refractivity contribution in [3.63, 3.8) is 0 Å². The fourth-order valence-electron chi connectivity index (χ4n) is 1.52. The van der Waals surface area contributed by atoms with Crippen LogP contribution in [0.5, 0.6) is 0 Å². The van der Waals surface area contributed by atoms with Crippen LogP contribution < -0.4 is 0 Å². The third kappa shape index (κ3) is 2.46. The monoisotopic (exact) mass is 164 g/mol. The highest BCUT2D eigenvalue weighted by atomic mass is 16.1. The van der Waals surface area contributed by atoms with E-state index < -0.39 is 0 Å². The van der Waals surface area contributed by atoms with Crippen LogP contribution in [0.3, 0.4) is 0 Å². The Morgan fingerprint density at radius 2 is 1.58 bits per heavy atom. The Morgan fingerprint density at radius 1 is 1.08 bits per heavy atom. The van der Waals surface area contributed by atoms with E-state index in [1.54, 1.807) is 6.08 Å². The van der Waals surface area contributed by atoms with Gasteiger partial charge >= 0.3 is 0 Å². The molecule has 12 heavy (non-hydrogen) atoms. The Labute approximate surface area is 71.9 Å². The predicted molar refractivity (Wildman–Crippen MR) is 47.2 cm³/mol. The first kappa shape index (κ1) is 8.92. The van der Waals surface area contributed by atoms with Crippen molar-refractivity contribution in [2.75, 3.05) is 0 Å². The number of isocyanates is 1. The standard InChI is InChI=1S/C9H12N2O/c1-2-10-8-3-5-9(6-4-8)11-7-12/h8-9H,1,3-6H2. The number of aliphatic imine (C=N–C) groups is 2. The van der Waals surface area contributed by atoms with Gasteiger partial charge in [0.1, 0.15) is 0 Å². The molecule has 1 fully saturated rings. The van der Waals surface area contributed by atoms with Gasteiger partial charge < -0.3 is 0 Å². The van der Waals surface area contributed by atoms with Gasteiger partial charge in [0.25, 0.3) is 0 Å². The molecular formula is C9H12N2O. The minimum atomic E-state index is 0.179. The molecule has 0 saturated heterocycles. The Bertz CT molecular complexity index is 203. The molecular weight excluding hydrogens is 152 g/mol. The molecule has 0 atom stereocenters. The second-order valence-electron chi connectivity index (χ2n) is 2.97. The summed E-state index contributed by atoms with van der Waals surface area (Å²) in [7, 11) is 0. The van der Waals surface area contributed by atoms with Gasteiger partial charge in [-0.15, -0.1) is 0 Å². The first-order valence-electron chi connectivity index (χ1n) is 4.15. The van der Waals surface area contributed by atoms with Crippen molar-refractivity contribution in [1.82, 2.24) is 0 Å². The molecule has 64 valence electrons. The van der Waals surface area contributed by atoms with Crippen molar-refractivity contribution in [3.8, 4) is 0 Å². The molecule has 1 aliphatic rings. The van der Waals surface area contributed by atoms with E-state index in [1.807, 2.05) is 0 Å². The highest BCUT2D eigenvalue weighted by Crippen LogP contribution is 2.22. The van der Waals surface area contributed by atoms with E-state index in [9.17, 15) is 4.79 Å². The minimum absolute atomic E-state index is 0.179. The molecule has 1 rings (SSSR count). The maximum Gasteiger partial charge on any atom is 0.235 e. The zero-order chi connectivity index (χ0) is 8.81. The van der Waals surface area contributed by atoms with Gasteiger partial charge in [0, 0.05) is 0 Å². The van der Waals surface area contributed by atoms with Gasteiger partial charge in [-0.1, -0.05) is 0 Å². The molecule has 0 aromatic heterocycles. The molecule has 3 nitrogen and oxygen atoms in total. The Kier molecular flexibility index (Phi) is 3.46. The van der Waals surface area contributed by atoms with Crippen molar-refractivity contribution >= 4 is 11.9 Å². The van der Waals surface area contributed by atoms with Gasteiger partial charge in [-0.2, -0.15) is 0 Å². The largest absolute Gasteiger partial charge is 0.240 e. The molecule has 0 amide bonds. The van der Waals surface area contributed by atoms with Crippen molar-refractivity contribution < 1.29 is 4.79 Å². The molecule has 0 bridgehead atoms. The van der Waals surface area contributed by atoms with Crippen LogP contribution in [0.4, 0.5) is 0 Å². The maximum atomic E-state index is 9.94. The van der Waals surface area contributed by atoms with E-state index in [0.717, 1.165) is 25.7 Å². The topological polar surface area (TPSA) is 41.8 Å². The van der Waals surface area contributed by atoms with Gasteiger partial charge in [-0.25, -0.2) is 14.8 Å². The number of rotatable bonds is 2. The molecule has 0 radical (unpaired) electrons. The quantitative estimate of drug-likeness (QED) is 0.450. The molecule has 1 aliphatic carbocycles. The van der Waals surface area contributed by atoms with Crippen molar-refractivity contribution in [1.29, 1.82) is 0 Å². The lowest BCUT2D eigenvalue weighted by molar-refractivity contribution is 0.397. The smallest absolute Gasteiger partial charge is 0.235 e. The summed E-state index contributed by atoms with van der Waals surface area (Å²) >= 11 is 0. The van der Waals surface area contributed by atoms with Gasteiger partial charge in [0.05, 0.1) is 12.1 Å². The molecule has 0 N–H and O–H groups in total. The zero-order valence-electron chi connectivity index (χ0n) is 6.99. The normalized spacial score (nSPS) is 28.3. The van der Waals surface area contributed by atoms with E-state index in [2.05, 4.69) is 22.4 Å². The zero-order valence-corrected chi connectivity index (χ0v) is 6.99. The Balaban J connectivity index is 2.38. The van der Waals surface area contributed by atoms with Crippen LogP contribution in [0, 0.1) is 0 Å². The van der Waals surface area contributed by atoms with Crippen LogP contribution in [0.15, 0.2) is 16.6 Å². The lowest BCUT2D eigenvalue weighted by Crippen LogP contribution is -2.19. The van der Waals surface area contributed by atoms with Crippen molar-refractivity contribution in [3.05, 3.63) is 6.58 Å². The van der Waals surface area contributed by atoms with E-state index >= 15 is 0 Å². The first-order chi connectivity index (χ1) is 5.86. The molecule has 1 saturated carbocycles. The summed E-state index contributed by atoms with van der Waals surface area (Å²) in [5.74, 6) is 2.55. The van der Waals surface area contributed by atoms with E-state index in [1.165, 1.54) is 0 Å². The Hall–Kier alpha value is -1.17. The highest BCUT2D eigenvalue weighted by Gasteiger charge is 2.19. The van der Waals surface area contributed by atoms with Gasteiger partial charge in [-0.3, -0.25) is 0 Å². The summed E-state index contributed by atoms with van der Waals surface area (Å²) in [5, 5.41) is 0. The predicted octanol–water partition coefficient (Wildman–Crippen LogP) is 1.49. The maximum absolute atomic E-state index is 9.94.